The van der Waals surface area contributed by atoms with Crippen LogP contribution in [0.2, 0.25) is 0 Å². The van der Waals surface area contributed by atoms with Crippen LogP contribution in [-0.4, -0.2) is 19.6 Å². The number of rotatable bonds is 3. The molecule has 0 amide bonds. The zero-order chi connectivity index (χ0) is 13.4. The Morgan fingerprint density at radius 2 is 2.05 bits per heavy atom. The normalized spacial score (nSPS) is 11.3. The smallest absolute Gasteiger partial charge is 0.118 e. The van der Waals surface area contributed by atoms with E-state index in [1.807, 2.05) is 28.7 Å². The molecule has 1 aromatic carbocycles. The van der Waals surface area contributed by atoms with Gasteiger partial charge in [0, 0.05) is 25.2 Å². The highest BCUT2D eigenvalue weighted by atomic mass is 15.3. The van der Waals surface area contributed by atoms with Crippen molar-refractivity contribution in [3.63, 3.8) is 0 Å². The summed E-state index contributed by atoms with van der Waals surface area (Å²) in [5.41, 5.74) is 4.53. The van der Waals surface area contributed by atoms with E-state index in [0.29, 0.717) is 0 Å². The first-order valence-electron chi connectivity index (χ1n) is 6.66. The number of hydrogen-bond donors (Lipinski definition) is 0. The lowest BCUT2D eigenvalue weighted by Crippen LogP contribution is -2.01. The fourth-order valence-corrected chi connectivity index (χ4v) is 2.49. The third-order valence-corrected chi connectivity index (χ3v) is 3.40. The summed E-state index contributed by atoms with van der Waals surface area (Å²) in [4.78, 5) is 0. The minimum Gasteiger partial charge on any atom is -0.267 e. The molecule has 0 saturated carbocycles. The van der Waals surface area contributed by atoms with Crippen LogP contribution in [0.3, 0.4) is 0 Å². The molecule has 0 aliphatic heterocycles. The minimum atomic E-state index is 0.923. The van der Waals surface area contributed by atoms with Gasteiger partial charge in [-0.2, -0.15) is 10.2 Å². The monoisotopic (exact) mass is 254 g/mol. The van der Waals surface area contributed by atoms with Gasteiger partial charge in [-0.15, -0.1) is 0 Å². The van der Waals surface area contributed by atoms with Gasteiger partial charge in [0.1, 0.15) is 5.69 Å². The van der Waals surface area contributed by atoms with Gasteiger partial charge in [-0.25, -0.2) is 0 Å². The summed E-state index contributed by atoms with van der Waals surface area (Å²) in [6.07, 6.45) is 2.92. The Morgan fingerprint density at radius 1 is 1.21 bits per heavy atom. The predicted molar refractivity (Wildman–Crippen MR) is 77.0 cm³/mol. The first-order chi connectivity index (χ1) is 9.20. The van der Waals surface area contributed by atoms with E-state index >= 15 is 0 Å². The van der Waals surface area contributed by atoms with Crippen molar-refractivity contribution < 1.29 is 0 Å². The van der Waals surface area contributed by atoms with Gasteiger partial charge in [0.15, 0.2) is 0 Å². The molecule has 4 heteroatoms. The second-order valence-corrected chi connectivity index (χ2v) is 4.93. The van der Waals surface area contributed by atoms with Gasteiger partial charge < -0.3 is 0 Å². The Hall–Kier alpha value is -2.10. The average molecular weight is 254 g/mol. The highest BCUT2D eigenvalue weighted by Gasteiger charge is 2.14. The SMILES string of the molecule is CCCn1nccc1-c1nn(C)c2ccc(C)cc12. The maximum atomic E-state index is 4.67. The Morgan fingerprint density at radius 3 is 2.84 bits per heavy atom. The van der Waals surface area contributed by atoms with Crippen LogP contribution in [0.15, 0.2) is 30.5 Å². The van der Waals surface area contributed by atoms with Gasteiger partial charge in [0.2, 0.25) is 0 Å². The Labute approximate surface area is 112 Å². The predicted octanol–water partition coefficient (Wildman–Crippen LogP) is 3.16. The van der Waals surface area contributed by atoms with Crippen LogP contribution >= 0.6 is 0 Å². The molecular formula is C15H18N4. The van der Waals surface area contributed by atoms with Crippen molar-refractivity contribution in [2.75, 3.05) is 0 Å². The molecule has 3 rings (SSSR count). The summed E-state index contributed by atoms with van der Waals surface area (Å²) >= 11 is 0. The fourth-order valence-electron chi connectivity index (χ4n) is 2.49. The van der Waals surface area contributed by atoms with Crippen molar-refractivity contribution in [2.45, 2.75) is 26.8 Å². The van der Waals surface area contributed by atoms with E-state index in [-0.39, 0.29) is 0 Å². The molecule has 0 N–H and O–H groups in total. The number of hydrogen-bond acceptors (Lipinski definition) is 2. The van der Waals surface area contributed by atoms with E-state index in [4.69, 9.17) is 0 Å². The molecule has 0 bridgehead atoms. The lowest BCUT2D eigenvalue weighted by molar-refractivity contribution is 0.607. The molecule has 2 heterocycles. The number of aryl methyl sites for hydroxylation is 3. The average Bonchev–Trinajstić information content (AvgIpc) is 2.95. The number of nitrogens with zero attached hydrogens (tertiary/aromatic N) is 4. The molecule has 0 unspecified atom stereocenters. The van der Waals surface area contributed by atoms with Crippen LogP contribution in [0.5, 0.6) is 0 Å². The van der Waals surface area contributed by atoms with Gasteiger partial charge in [0.05, 0.1) is 11.2 Å². The summed E-state index contributed by atoms with van der Waals surface area (Å²) in [6, 6.07) is 8.49. The molecule has 0 radical (unpaired) electrons. The Bertz CT molecular complexity index is 721. The molecule has 19 heavy (non-hydrogen) atoms. The van der Waals surface area contributed by atoms with Crippen LogP contribution in [0.4, 0.5) is 0 Å². The molecule has 0 aliphatic rings. The van der Waals surface area contributed by atoms with E-state index in [9.17, 15) is 0 Å². The van der Waals surface area contributed by atoms with Crippen LogP contribution < -0.4 is 0 Å². The van der Waals surface area contributed by atoms with Crippen molar-refractivity contribution in [1.29, 1.82) is 0 Å². The van der Waals surface area contributed by atoms with Gasteiger partial charge in [0.25, 0.3) is 0 Å². The molecule has 0 aliphatic carbocycles. The molecule has 0 spiro atoms. The van der Waals surface area contributed by atoms with Gasteiger partial charge in [-0.05, 0) is 31.5 Å². The zero-order valence-electron chi connectivity index (χ0n) is 11.6. The molecule has 4 nitrogen and oxygen atoms in total. The van der Waals surface area contributed by atoms with Gasteiger partial charge in [-0.1, -0.05) is 18.6 Å². The van der Waals surface area contributed by atoms with E-state index in [2.05, 4.69) is 42.2 Å². The third-order valence-electron chi connectivity index (χ3n) is 3.40. The van der Waals surface area contributed by atoms with Crippen molar-refractivity contribution in [2.24, 2.45) is 7.05 Å². The summed E-state index contributed by atoms with van der Waals surface area (Å²) in [7, 11) is 1.99. The second-order valence-electron chi connectivity index (χ2n) is 4.93. The van der Waals surface area contributed by atoms with Crippen molar-refractivity contribution >= 4 is 10.9 Å². The molecular weight excluding hydrogens is 236 g/mol. The Balaban J connectivity index is 2.24. The first kappa shape index (κ1) is 12.0. The van der Waals surface area contributed by atoms with Crippen LogP contribution in [0.25, 0.3) is 22.3 Å². The molecule has 0 fully saturated rings. The fraction of sp³-hybridized carbons (Fsp3) is 0.333. The highest BCUT2D eigenvalue weighted by Crippen LogP contribution is 2.28. The van der Waals surface area contributed by atoms with Crippen LogP contribution in [0, 0.1) is 6.92 Å². The van der Waals surface area contributed by atoms with Crippen molar-refractivity contribution in [1.82, 2.24) is 19.6 Å². The maximum absolute atomic E-state index is 4.67. The standard InChI is InChI=1S/C15H18N4/c1-4-9-19-14(7-8-16-19)15-12-10-11(2)5-6-13(12)18(3)17-15/h5-8,10H,4,9H2,1-3H3. The largest absolute Gasteiger partial charge is 0.267 e. The van der Waals surface area contributed by atoms with Crippen LogP contribution in [-0.2, 0) is 13.6 Å². The van der Waals surface area contributed by atoms with Crippen molar-refractivity contribution in [3.05, 3.63) is 36.0 Å². The summed E-state index contributed by atoms with van der Waals surface area (Å²) in [6.45, 7) is 5.19. The highest BCUT2D eigenvalue weighted by molar-refractivity contribution is 5.92. The van der Waals surface area contributed by atoms with Crippen molar-refractivity contribution in [3.8, 4) is 11.4 Å². The molecule has 3 aromatic rings. The lowest BCUT2D eigenvalue weighted by Gasteiger charge is -2.03. The molecule has 0 saturated heterocycles. The zero-order valence-corrected chi connectivity index (χ0v) is 11.6. The second kappa shape index (κ2) is 4.53. The maximum Gasteiger partial charge on any atom is 0.118 e. The van der Waals surface area contributed by atoms with E-state index in [1.54, 1.807) is 0 Å². The third kappa shape index (κ3) is 1.93. The van der Waals surface area contributed by atoms with E-state index in [1.165, 1.54) is 10.9 Å². The minimum absolute atomic E-state index is 0.923. The quantitative estimate of drug-likeness (QED) is 0.719. The molecule has 0 atom stereocenters. The lowest BCUT2D eigenvalue weighted by atomic mass is 10.1. The number of benzene rings is 1. The van der Waals surface area contributed by atoms with E-state index in [0.717, 1.165) is 29.9 Å². The topological polar surface area (TPSA) is 35.6 Å². The first-order valence-corrected chi connectivity index (χ1v) is 6.66. The number of fused-ring (bicyclic) bond motifs is 1. The summed E-state index contributed by atoms with van der Waals surface area (Å²) in [5.74, 6) is 0. The Kier molecular flexibility index (Phi) is 2.85. The number of aromatic nitrogens is 4. The van der Waals surface area contributed by atoms with Gasteiger partial charge in [-0.3, -0.25) is 9.36 Å². The molecule has 2 aromatic heterocycles. The van der Waals surface area contributed by atoms with Gasteiger partial charge >= 0.3 is 0 Å². The van der Waals surface area contributed by atoms with Crippen LogP contribution in [0.1, 0.15) is 18.9 Å². The summed E-state index contributed by atoms with van der Waals surface area (Å²) in [5, 5.41) is 10.3. The molecule has 98 valence electrons. The summed E-state index contributed by atoms with van der Waals surface area (Å²) < 4.78 is 3.97. The van der Waals surface area contributed by atoms with E-state index < -0.39 is 0 Å².